The molecule has 0 aliphatic carbocycles. The van der Waals surface area contributed by atoms with Gasteiger partial charge in [0.2, 0.25) is 12.5 Å². The summed E-state index contributed by atoms with van der Waals surface area (Å²) in [6.07, 6.45) is 0.577. The van der Waals surface area contributed by atoms with Crippen molar-refractivity contribution in [3.05, 3.63) is 0 Å². The Kier molecular flexibility index (Phi) is 6.29. The van der Waals surface area contributed by atoms with Crippen molar-refractivity contribution >= 4 is 11.9 Å². The molecule has 0 saturated heterocycles. The van der Waals surface area contributed by atoms with Gasteiger partial charge in [0.05, 0.1) is 0 Å². The molecule has 0 atom stereocenters. The Labute approximate surface area is 95.0 Å². The van der Waals surface area contributed by atoms with Crippen LogP contribution in [0, 0.1) is 0 Å². The Morgan fingerprint density at radius 3 is 2.19 bits per heavy atom. The summed E-state index contributed by atoms with van der Waals surface area (Å²) >= 11 is 0. The van der Waals surface area contributed by atoms with E-state index < -0.39 is 5.72 Å². The summed E-state index contributed by atoms with van der Waals surface area (Å²) in [5.41, 5.74) is -1.02. The van der Waals surface area contributed by atoms with Gasteiger partial charge in [-0.05, 0) is 13.8 Å². The van der Waals surface area contributed by atoms with Gasteiger partial charge >= 0.3 is 11.9 Å². The van der Waals surface area contributed by atoms with Gasteiger partial charge in [-0.25, -0.2) is 0 Å². The van der Waals surface area contributed by atoms with Gasteiger partial charge in [0, 0.05) is 12.8 Å². The van der Waals surface area contributed by atoms with Gasteiger partial charge in [-0.1, -0.05) is 13.8 Å². The highest BCUT2D eigenvalue weighted by atomic mass is 16.6. The maximum Gasteiger partial charge on any atom is 0.307 e. The van der Waals surface area contributed by atoms with Crippen LogP contribution in [0.3, 0.4) is 0 Å². The van der Waals surface area contributed by atoms with Crippen molar-refractivity contribution in [1.29, 1.82) is 0 Å². The Hall–Kier alpha value is -1.46. The quantitative estimate of drug-likeness (QED) is 0.516. The van der Waals surface area contributed by atoms with Gasteiger partial charge in [0.1, 0.15) is 0 Å². The molecular weight excluding hydrogens is 212 g/mol. The first-order valence-corrected chi connectivity index (χ1v) is 5.17. The molecule has 0 aliphatic heterocycles. The fourth-order valence-corrected chi connectivity index (χ4v) is 0.773. The highest BCUT2D eigenvalue weighted by Crippen LogP contribution is 2.12. The van der Waals surface area contributed by atoms with Crippen LogP contribution in [0.2, 0.25) is 0 Å². The van der Waals surface area contributed by atoms with E-state index in [1.807, 2.05) is 0 Å². The highest BCUT2D eigenvalue weighted by molar-refractivity contribution is 5.69. The SMILES string of the molecule is CCC(=O)OCN=NC(C)(C)OC(=O)CC. The zero-order valence-corrected chi connectivity index (χ0v) is 10.1. The third-order valence-electron chi connectivity index (χ3n) is 1.54. The van der Waals surface area contributed by atoms with Crippen LogP contribution in [0.5, 0.6) is 0 Å². The average Bonchev–Trinajstić information content (AvgIpc) is 2.23. The molecule has 0 aromatic carbocycles. The summed E-state index contributed by atoms with van der Waals surface area (Å²) in [7, 11) is 0. The van der Waals surface area contributed by atoms with Crippen LogP contribution >= 0.6 is 0 Å². The van der Waals surface area contributed by atoms with Crippen molar-refractivity contribution in [3.8, 4) is 0 Å². The van der Waals surface area contributed by atoms with E-state index in [0.29, 0.717) is 6.42 Å². The van der Waals surface area contributed by atoms with Gasteiger partial charge in [-0.15, -0.1) is 10.2 Å². The van der Waals surface area contributed by atoms with Crippen molar-refractivity contribution in [1.82, 2.24) is 0 Å². The van der Waals surface area contributed by atoms with Gasteiger partial charge in [0.25, 0.3) is 0 Å². The molecule has 0 aromatic rings. The lowest BCUT2D eigenvalue weighted by Crippen LogP contribution is -2.25. The summed E-state index contributed by atoms with van der Waals surface area (Å²) in [5.74, 6) is -0.697. The third-order valence-corrected chi connectivity index (χ3v) is 1.54. The molecule has 0 unspecified atom stereocenters. The summed E-state index contributed by atoms with van der Waals surface area (Å²) in [5, 5.41) is 7.38. The van der Waals surface area contributed by atoms with E-state index in [4.69, 9.17) is 4.74 Å². The fourth-order valence-electron chi connectivity index (χ4n) is 0.773. The van der Waals surface area contributed by atoms with Crippen molar-refractivity contribution in [2.24, 2.45) is 10.2 Å². The van der Waals surface area contributed by atoms with Crippen LogP contribution in [-0.4, -0.2) is 24.4 Å². The molecule has 0 aliphatic rings. The summed E-state index contributed by atoms with van der Waals surface area (Å²) in [4.78, 5) is 21.8. The van der Waals surface area contributed by atoms with Crippen molar-refractivity contribution in [2.45, 2.75) is 46.3 Å². The second kappa shape index (κ2) is 6.92. The van der Waals surface area contributed by atoms with Gasteiger partial charge in [-0.3, -0.25) is 9.59 Å². The van der Waals surface area contributed by atoms with Crippen molar-refractivity contribution < 1.29 is 19.1 Å². The Morgan fingerprint density at radius 2 is 1.69 bits per heavy atom. The van der Waals surface area contributed by atoms with E-state index in [-0.39, 0.29) is 25.1 Å². The number of esters is 2. The number of nitrogens with zero attached hydrogens (tertiary/aromatic N) is 2. The fraction of sp³-hybridized carbons (Fsp3) is 0.800. The van der Waals surface area contributed by atoms with Crippen LogP contribution in [0.1, 0.15) is 40.5 Å². The van der Waals surface area contributed by atoms with E-state index in [2.05, 4.69) is 15.0 Å². The molecular formula is C10H18N2O4. The molecule has 6 heteroatoms. The number of hydrogen-bond acceptors (Lipinski definition) is 6. The number of azo groups is 1. The van der Waals surface area contributed by atoms with E-state index >= 15 is 0 Å². The molecule has 0 N–H and O–H groups in total. The van der Waals surface area contributed by atoms with Gasteiger partial charge in [0.15, 0.2) is 0 Å². The summed E-state index contributed by atoms with van der Waals surface area (Å²) in [6, 6.07) is 0. The molecule has 6 nitrogen and oxygen atoms in total. The molecule has 0 saturated carbocycles. The van der Waals surface area contributed by atoms with Gasteiger partial charge < -0.3 is 9.47 Å². The molecule has 0 aromatic heterocycles. The lowest BCUT2D eigenvalue weighted by molar-refractivity contribution is -0.156. The Balaban J connectivity index is 4.00. The monoisotopic (exact) mass is 230 g/mol. The van der Waals surface area contributed by atoms with E-state index in [1.165, 1.54) is 0 Å². The molecule has 92 valence electrons. The predicted octanol–water partition coefficient (Wildman–Crippen LogP) is 2.04. The minimum Gasteiger partial charge on any atom is -0.441 e. The second-order valence-corrected chi connectivity index (χ2v) is 3.51. The predicted molar refractivity (Wildman–Crippen MR) is 56.6 cm³/mol. The smallest absolute Gasteiger partial charge is 0.307 e. The van der Waals surface area contributed by atoms with Gasteiger partial charge in [-0.2, -0.15) is 0 Å². The first kappa shape index (κ1) is 14.5. The first-order chi connectivity index (χ1) is 7.41. The van der Waals surface area contributed by atoms with E-state index in [9.17, 15) is 9.59 Å². The molecule has 0 bridgehead atoms. The molecule has 0 heterocycles. The number of rotatable bonds is 6. The summed E-state index contributed by atoms with van der Waals surface area (Å²) in [6.45, 7) is 6.43. The van der Waals surface area contributed by atoms with Crippen LogP contribution in [0.25, 0.3) is 0 Å². The van der Waals surface area contributed by atoms with E-state index in [1.54, 1.807) is 27.7 Å². The first-order valence-electron chi connectivity index (χ1n) is 5.17. The van der Waals surface area contributed by atoms with Crippen LogP contribution in [0.15, 0.2) is 10.2 Å². The summed E-state index contributed by atoms with van der Waals surface area (Å²) < 4.78 is 9.66. The third kappa shape index (κ3) is 6.92. The minimum absolute atomic E-state index is 0.153. The Bertz CT molecular complexity index is 274. The maximum absolute atomic E-state index is 11.0. The highest BCUT2D eigenvalue weighted by Gasteiger charge is 2.20. The zero-order valence-electron chi connectivity index (χ0n) is 10.1. The van der Waals surface area contributed by atoms with Crippen molar-refractivity contribution in [2.75, 3.05) is 6.73 Å². The molecule has 0 fully saturated rings. The molecule has 0 radical (unpaired) electrons. The normalized spacial score (nSPS) is 11.5. The largest absolute Gasteiger partial charge is 0.441 e. The molecule has 16 heavy (non-hydrogen) atoms. The molecule has 0 rings (SSSR count). The molecule has 0 amide bonds. The van der Waals surface area contributed by atoms with Crippen LogP contribution in [0.4, 0.5) is 0 Å². The average molecular weight is 230 g/mol. The number of carbonyl (C=O) groups is 2. The minimum atomic E-state index is -1.02. The lowest BCUT2D eigenvalue weighted by atomic mass is 10.3. The topological polar surface area (TPSA) is 77.3 Å². The second-order valence-electron chi connectivity index (χ2n) is 3.51. The number of ether oxygens (including phenoxy) is 2. The lowest BCUT2D eigenvalue weighted by Gasteiger charge is -2.18. The number of carbonyl (C=O) groups excluding carboxylic acids is 2. The Morgan fingerprint density at radius 1 is 1.12 bits per heavy atom. The van der Waals surface area contributed by atoms with Crippen LogP contribution < -0.4 is 0 Å². The van der Waals surface area contributed by atoms with Crippen LogP contribution in [-0.2, 0) is 19.1 Å². The zero-order chi connectivity index (χ0) is 12.6. The maximum atomic E-state index is 11.0. The molecule has 0 spiro atoms. The van der Waals surface area contributed by atoms with E-state index in [0.717, 1.165) is 0 Å². The number of hydrogen-bond donors (Lipinski definition) is 0. The standard InChI is InChI=1S/C10H18N2O4/c1-5-8(13)15-7-11-12-10(3,4)16-9(14)6-2/h5-7H2,1-4H3. The van der Waals surface area contributed by atoms with Crippen molar-refractivity contribution in [3.63, 3.8) is 0 Å².